The summed E-state index contributed by atoms with van der Waals surface area (Å²) in [5.74, 6) is 1.73. The first-order valence-corrected chi connectivity index (χ1v) is 11.1. The van der Waals surface area contributed by atoms with E-state index in [1.54, 1.807) is 19.1 Å². The molecule has 1 N–H and O–H groups in total. The Labute approximate surface area is 168 Å². The number of piperidine rings is 1. The third-order valence-electron chi connectivity index (χ3n) is 5.81. The Morgan fingerprint density at radius 1 is 1.39 bits per heavy atom. The summed E-state index contributed by atoms with van der Waals surface area (Å²) in [7, 11) is 0. The summed E-state index contributed by atoms with van der Waals surface area (Å²) >= 11 is 1.86. The molecule has 7 nitrogen and oxygen atoms in total. The third-order valence-corrected chi connectivity index (χ3v) is 6.40. The summed E-state index contributed by atoms with van der Waals surface area (Å²) in [6, 6.07) is 7.10. The van der Waals surface area contributed by atoms with Crippen molar-refractivity contribution in [1.82, 2.24) is 19.9 Å². The normalized spacial score (nSPS) is 24.0. The molecule has 0 radical (unpaired) electrons. The molecule has 1 amide bonds. The molecule has 3 atom stereocenters. The van der Waals surface area contributed by atoms with E-state index in [9.17, 15) is 9.59 Å². The lowest BCUT2D eigenvalue weighted by Gasteiger charge is -2.47. The van der Waals surface area contributed by atoms with Gasteiger partial charge in [-0.2, -0.15) is 11.8 Å². The predicted molar refractivity (Wildman–Crippen MR) is 109 cm³/mol. The van der Waals surface area contributed by atoms with Gasteiger partial charge in [-0.15, -0.1) is 0 Å². The van der Waals surface area contributed by atoms with E-state index in [0.717, 1.165) is 37.5 Å². The largest absolute Gasteiger partial charge is 0.351 e. The van der Waals surface area contributed by atoms with E-state index in [4.69, 9.17) is 4.52 Å². The molecule has 2 aliphatic rings. The number of nitrogens with one attached hydrogen (secondary N) is 1. The van der Waals surface area contributed by atoms with Gasteiger partial charge in [-0.05, 0) is 31.6 Å². The number of likely N-dealkylation sites (tertiary alicyclic amines) is 1. The van der Waals surface area contributed by atoms with Gasteiger partial charge in [-0.1, -0.05) is 11.2 Å². The lowest BCUT2D eigenvalue weighted by atomic mass is 9.78. The number of rotatable bonds is 6. The second kappa shape index (κ2) is 8.13. The maximum atomic E-state index is 12.7. The molecular weight excluding hydrogens is 376 g/mol. The summed E-state index contributed by atoms with van der Waals surface area (Å²) in [4.78, 5) is 27.6. The van der Waals surface area contributed by atoms with Gasteiger partial charge in [-0.3, -0.25) is 9.59 Å². The van der Waals surface area contributed by atoms with Crippen molar-refractivity contribution in [1.29, 1.82) is 0 Å². The van der Waals surface area contributed by atoms with Crippen LogP contribution in [0.2, 0.25) is 0 Å². The zero-order valence-electron chi connectivity index (χ0n) is 16.3. The number of thioether (sulfide) groups is 1. The average Bonchev–Trinajstić information content (AvgIpc) is 3.13. The van der Waals surface area contributed by atoms with Crippen molar-refractivity contribution in [2.24, 2.45) is 5.92 Å². The van der Waals surface area contributed by atoms with Crippen molar-refractivity contribution in [3.8, 4) is 0 Å². The van der Waals surface area contributed by atoms with Gasteiger partial charge in [0.05, 0.1) is 11.7 Å². The number of aryl methyl sites for hydroxylation is 1. The van der Waals surface area contributed by atoms with Crippen molar-refractivity contribution < 1.29 is 9.32 Å². The fraction of sp³-hybridized carbons (Fsp3) is 0.550. The van der Waals surface area contributed by atoms with Gasteiger partial charge in [0.1, 0.15) is 0 Å². The number of hydrogen-bond donors (Lipinski definition) is 1. The Kier molecular flexibility index (Phi) is 5.59. The topological polar surface area (TPSA) is 80.4 Å². The molecular formula is C20H26N4O3S. The number of amides is 1. The summed E-state index contributed by atoms with van der Waals surface area (Å²) in [6.07, 6.45) is 3.18. The number of carbonyl (C=O) groups is 1. The van der Waals surface area contributed by atoms with Crippen molar-refractivity contribution in [2.45, 2.75) is 25.3 Å². The molecule has 2 aromatic rings. The highest BCUT2D eigenvalue weighted by atomic mass is 32.2. The molecule has 2 bridgehead atoms. The molecule has 0 saturated carbocycles. The highest BCUT2D eigenvalue weighted by molar-refractivity contribution is 7.98. The molecule has 4 heterocycles. The van der Waals surface area contributed by atoms with Gasteiger partial charge in [0.2, 0.25) is 5.76 Å². The molecule has 1 saturated heterocycles. The molecule has 2 aromatic heterocycles. The molecule has 2 aliphatic heterocycles. The Hall–Kier alpha value is -2.06. The summed E-state index contributed by atoms with van der Waals surface area (Å²) in [5.41, 5.74) is 1.77. The Morgan fingerprint density at radius 2 is 2.25 bits per heavy atom. The van der Waals surface area contributed by atoms with Crippen LogP contribution in [0.4, 0.5) is 0 Å². The summed E-state index contributed by atoms with van der Waals surface area (Å²) < 4.78 is 6.97. The third kappa shape index (κ3) is 3.75. The van der Waals surface area contributed by atoms with Crippen LogP contribution in [-0.2, 0) is 0 Å². The highest BCUT2D eigenvalue weighted by Gasteiger charge is 2.40. The van der Waals surface area contributed by atoms with Crippen molar-refractivity contribution in [2.75, 3.05) is 38.2 Å². The standard InChI is InChI=1S/C20H26N4O3S/c1-13-8-18(27-22-13)20(26)21-10-17-15-9-14(11-23(12-15)6-7-28-2)16-4-3-5-19(25)24(16)17/h3-5,8,14-15,17H,6-7,9-12H2,1-2H3,(H,21,26)/t14-,15+,17+/m1/s1. The van der Waals surface area contributed by atoms with Gasteiger partial charge >= 0.3 is 0 Å². The van der Waals surface area contributed by atoms with E-state index >= 15 is 0 Å². The average molecular weight is 403 g/mol. The van der Waals surface area contributed by atoms with Crippen LogP contribution in [0, 0.1) is 12.8 Å². The minimum absolute atomic E-state index is 0.0134. The van der Waals surface area contributed by atoms with Crippen molar-refractivity contribution in [3.05, 3.63) is 51.8 Å². The highest BCUT2D eigenvalue weighted by Crippen LogP contribution is 2.40. The Bertz CT molecular complexity index is 909. The predicted octanol–water partition coefficient (Wildman–Crippen LogP) is 1.90. The van der Waals surface area contributed by atoms with Crippen LogP contribution in [0.15, 0.2) is 33.6 Å². The van der Waals surface area contributed by atoms with E-state index < -0.39 is 0 Å². The Morgan fingerprint density at radius 3 is 3.00 bits per heavy atom. The van der Waals surface area contributed by atoms with Crippen LogP contribution < -0.4 is 10.9 Å². The van der Waals surface area contributed by atoms with Gasteiger partial charge in [0.15, 0.2) is 0 Å². The minimum Gasteiger partial charge on any atom is -0.351 e. The fourth-order valence-corrected chi connectivity index (χ4v) is 5.00. The monoisotopic (exact) mass is 402 g/mol. The smallest absolute Gasteiger partial charge is 0.289 e. The lowest BCUT2D eigenvalue weighted by molar-refractivity contribution is 0.0819. The lowest BCUT2D eigenvalue weighted by Crippen LogP contribution is -2.52. The number of nitrogens with zero attached hydrogens (tertiary/aromatic N) is 3. The first-order valence-electron chi connectivity index (χ1n) is 9.71. The van der Waals surface area contributed by atoms with E-state index in [0.29, 0.717) is 24.1 Å². The van der Waals surface area contributed by atoms with Crippen molar-refractivity contribution in [3.63, 3.8) is 0 Å². The summed E-state index contributed by atoms with van der Waals surface area (Å²) in [5, 5.41) is 6.73. The second-order valence-electron chi connectivity index (χ2n) is 7.71. The van der Waals surface area contributed by atoms with Gasteiger partial charge < -0.3 is 19.3 Å². The van der Waals surface area contributed by atoms with Crippen LogP contribution in [0.1, 0.15) is 40.3 Å². The number of hydrogen-bond acceptors (Lipinski definition) is 6. The van der Waals surface area contributed by atoms with Crippen LogP contribution in [-0.4, -0.2) is 58.7 Å². The zero-order chi connectivity index (χ0) is 19.7. The molecule has 0 aromatic carbocycles. The molecule has 4 rings (SSSR count). The molecule has 0 aliphatic carbocycles. The van der Waals surface area contributed by atoms with E-state index in [1.807, 2.05) is 22.4 Å². The van der Waals surface area contributed by atoms with Gasteiger partial charge in [0, 0.05) is 55.7 Å². The molecule has 0 unspecified atom stereocenters. The number of pyridine rings is 1. The van der Waals surface area contributed by atoms with Crippen LogP contribution in [0.3, 0.4) is 0 Å². The second-order valence-corrected chi connectivity index (χ2v) is 8.70. The molecule has 150 valence electrons. The van der Waals surface area contributed by atoms with Gasteiger partial charge in [-0.25, -0.2) is 0 Å². The first-order chi connectivity index (χ1) is 13.6. The molecule has 1 fully saturated rings. The molecule has 8 heteroatoms. The SMILES string of the molecule is CSCCN1C[C@H]2C[C@@H](C1)[C@H](CNC(=O)c1cc(C)no1)n1c2cccc1=O. The van der Waals surface area contributed by atoms with Crippen molar-refractivity contribution >= 4 is 17.7 Å². The Balaban J connectivity index is 1.57. The van der Waals surface area contributed by atoms with E-state index in [2.05, 4.69) is 27.7 Å². The minimum atomic E-state index is -0.289. The number of carbonyl (C=O) groups excluding carboxylic acids is 1. The van der Waals surface area contributed by atoms with E-state index in [1.165, 1.54) is 0 Å². The van der Waals surface area contributed by atoms with Crippen LogP contribution in [0.5, 0.6) is 0 Å². The van der Waals surface area contributed by atoms with Gasteiger partial charge in [0.25, 0.3) is 11.5 Å². The summed E-state index contributed by atoms with van der Waals surface area (Å²) in [6.45, 7) is 5.20. The molecule has 0 spiro atoms. The maximum Gasteiger partial charge on any atom is 0.289 e. The number of aromatic nitrogens is 2. The van der Waals surface area contributed by atoms with Crippen LogP contribution >= 0.6 is 11.8 Å². The zero-order valence-corrected chi connectivity index (χ0v) is 17.1. The maximum absolute atomic E-state index is 12.7. The van der Waals surface area contributed by atoms with E-state index in [-0.39, 0.29) is 23.3 Å². The quantitative estimate of drug-likeness (QED) is 0.795. The number of fused-ring (bicyclic) bond motifs is 4. The first kappa shape index (κ1) is 19.3. The fourth-order valence-electron chi connectivity index (χ4n) is 4.56. The molecule has 28 heavy (non-hydrogen) atoms. The van der Waals surface area contributed by atoms with Crippen LogP contribution in [0.25, 0.3) is 0 Å².